The van der Waals surface area contributed by atoms with Gasteiger partial charge in [0.05, 0.1) is 0 Å². The zero-order valence-electron chi connectivity index (χ0n) is 12.8. The molecule has 0 aliphatic heterocycles. The third-order valence-electron chi connectivity index (χ3n) is 3.31. The zero-order valence-corrected chi connectivity index (χ0v) is 15.2. The Morgan fingerprint density at radius 1 is 1.10 bits per heavy atom. The molecule has 0 spiro atoms. The van der Waals surface area contributed by atoms with Crippen LogP contribution in [0.2, 0.25) is 0 Å². The van der Waals surface area contributed by atoms with Crippen molar-refractivity contribution in [2.45, 2.75) is 31.7 Å². The molecule has 2 aromatic carbocycles. The summed E-state index contributed by atoms with van der Waals surface area (Å²) in [5.41, 5.74) is 4.05. The van der Waals surface area contributed by atoms with Gasteiger partial charge >= 0.3 is 0 Å². The normalized spacial score (nSPS) is 12.4. The zero-order chi connectivity index (χ0) is 15.2. The van der Waals surface area contributed by atoms with Gasteiger partial charge in [0.2, 0.25) is 0 Å². The van der Waals surface area contributed by atoms with Gasteiger partial charge in [0.15, 0.2) is 0 Å². The van der Waals surface area contributed by atoms with Gasteiger partial charge in [-0.15, -0.1) is 11.8 Å². The molecule has 0 aliphatic carbocycles. The summed E-state index contributed by atoms with van der Waals surface area (Å²) in [6.45, 7) is 7.48. The number of benzene rings is 2. The highest BCUT2D eigenvalue weighted by Crippen LogP contribution is 2.27. The molecule has 1 atom stereocenters. The first-order chi connectivity index (χ1) is 10.1. The van der Waals surface area contributed by atoms with Gasteiger partial charge in [-0.05, 0) is 44.2 Å². The Kier molecular flexibility index (Phi) is 6.34. The number of hydrogen-bond donors (Lipinski definition) is 1. The molecule has 2 aromatic rings. The number of nitrogens with one attached hydrogen (secondary N) is 1. The molecule has 21 heavy (non-hydrogen) atoms. The summed E-state index contributed by atoms with van der Waals surface area (Å²) in [5, 5.41) is 3.61. The predicted molar refractivity (Wildman–Crippen MR) is 97.2 cm³/mol. The summed E-state index contributed by atoms with van der Waals surface area (Å²) in [7, 11) is 0. The monoisotopic (exact) mass is 363 g/mol. The van der Waals surface area contributed by atoms with Crippen LogP contribution >= 0.6 is 27.7 Å². The second-order valence-corrected chi connectivity index (χ2v) is 7.31. The van der Waals surface area contributed by atoms with Crippen LogP contribution in [0.15, 0.2) is 51.8 Å². The molecule has 0 aliphatic rings. The van der Waals surface area contributed by atoms with Crippen LogP contribution in [0.1, 0.15) is 29.7 Å². The minimum atomic E-state index is 0.387. The SMILES string of the molecule is CCNC(CSc1cccc(Br)c1)c1cc(C)cc(C)c1. The van der Waals surface area contributed by atoms with Crippen LogP contribution in [-0.2, 0) is 0 Å². The number of aryl methyl sites for hydroxylation is 2. The predicted octanol–water partition coefficient (Wildman–Crippen LogP) is 5.51. The first-order valence-corrected chi connectivity index (χ1v) is 9.06. The molecule has 0 bridgehead atoms. The molecular formula is C18H22BrNS. The highest BCUT2D eigenvalue weighted by molar-refractivity contribution is 9.10. The van der Waals surface area contributed by atoms with Crippen LogP contribution in [0.5, 0.6) is 0 Å². The highest BCUT2D eigenvalue weighted by atomic mass is 79.9. The molecule has 112 valence electrons. The molecule has 0 saturated heterocycles. The van der Waals surface area contributed by atoms with E-state index >= 15 is 0 Å². The number of rotatable bonds is 6. The van der Waals surface area contributed by atoms with Crippen molar-refractivity contribution in [1.29, 1.82) is 0 Å². The molecule has 3 heteroatoms. The fourth-order valence-corrected chi connectivity index (χ4v) is 4.07. The molecule has 0 aromatic heterocycles. The Bertz CT molecular complexity index is 577. The van der Waals surface area contributed by atoms with Gasteiger partial charge in [-0.3, -0.25) is 0 Å². The lowest BCUT2D eigenvalue weighted by Crippen LogP contribution is -2.23. The first-order valence-electron chi connectivity index (χ1n) is 7.28. The van der Waals surface area contributed by atoms with Crippen LogP contribution in [0.25, 0.3) is 0 Å². The van der Waals surface area contributed by atoms with E-state index in [1.54, 1.807) is 0 Å². The second-order valence-electron chi connectivity index (χ2n) is 5.30. The summed E-state index contributed by atoms with van der Waals surface area (Å²) in [6.07, 6.45) is 0. The molecular weight excluding hydrogens is 342 g/mol. The molecule has 0 amide bonds. The number of thioether (sulfide) groups is 1. The quantitative estimate of drug-likeness (QED) is 0.679. The Morgan fingerprint density at radius 3 is 2.43 bits per heavy atom. The molecule has 2 rings (SSSR count). The lowest BCUT2D eigenvalue weighted by atomic mass is 10.0. The van der Waals surface area contributed by atoms with Crippen LogP contribution in [0.3, 0.4) is 0 Å². The van der Waals surface area contributed by atoms with Gasteiger partial charge in [-0.25, -0.2) is 0 Å². The van der Waals surface area contributed by atoms with E-state index in [9.17, 15) is 0 Å². The van der Waals surface area contributed by atoms with Crippen LogP contribution in [0.4, 0.5) is 0 Å². The van der Waals surface area contributed by atoms with E-state index in [0.29, 0.717) is 6.04 Å². The van der Waals surface area contributed by atoms with E-state index < -0.39 is 0 Å². The largest absolute Gasteiger partial charge is 0.309 e. The standard InChI is InChI=1S/C18H22BrNS/c1-4-20-18(15-9-13(2)8-14(3)10-15)12-21-17-7-5-6-16(19)11-17/h5-11,18,20H,4,12H2,1-3H3. The van der Waals surface area contributed by atoms with Gasteiger partial charge in [0, 0.05) is 21.2 Å². The van der Waals surface area contributed by atoms with Gasteiger partial charge < -0.3 is 5.32 Å². The number of halogens is 1. The van der Waals surface area contributed by atoms with Crippen molar-refractivity contribution in [3.8, 4) is 0 Å². The van der Waals surface area contributed by atoms with Crippen LogP contribution < -0.4 is 5.32 Å². The second kappa shape index (κ2) is 8.02. The average Bonchev–Trinajstić information content (AvgIpc) is 2.42. The maximum atomic E-state index is 3.61. The van der Waals surface area contributed by atoms with Gasteiger partial charge in [-0.1, -0.05) is 58.2 Å². The molecule has 1 unspecified atom stereocenters. The third kappa shape index (κ3) is 5.17. The smallest absolute Gasteiger partial charge is 0.0415 e. The van der Waals surface area contributed by atoms with Crippen molar-refractivity contribution >= 4 is 27.7 Å². The van der Waals surface area contributed by atoms with Crippen molar-refractivity contribution in [3.05, 3.63) is 63.6 Å². The third-order valence-corrected chi connectivity index (χ3v) is 4.89. The lowest BCUT2D eigenvalue weighted by Gasteiger charge is -2.19. The average molecular weight is 364 g/mol. The van der Waals surface area contributed by atoms with Gasteiger partial charge in [0.1, 0.15) is 0 Å². The Balaban J connectivity index is 2.11. The summed E-state index contributed by atoms with van der Waals surface area (Å²) >= 11 is 5.43. The van der Waals surface area contributed by atoms with E-state index in [1.165, 1.54) is 21.6 Å². The summed E-state index contributed by atoms with van der Waals surface area (Å²) in [4.78, 5) is 1.30. The summed E-state index contributed by atoms with van der Waals surface area (Å²) < 4.78 is 1.14. The van der Waals surface area contributed by atoms with Gasteiger partial charge in [-0.2, -0.15) is 0 Å². The highest BCUT2D eigenvalue weighted by Gasteiger charge is 2.12. The fraction of sp³-hybridized carbons (Fsp3) is 0.333. The maximum Gasteiger partial charge on any atom is 0.0415 e. The lowest BCUT2D eigenvalue weighted by molar-refractivity contribution is 0.605. The minimum Gasteiger partial charge on any atom is -0.309 e. The first kappa shape index (κ1) is 16.6. The topological polar surface area (TPSA) is 12.0 Å². The van der Waals surface area contributed by atoms with Crippen molar-refractivity contribution in [2.24, 2.45) is 0 Å². The number of hydrogen-bond acceptors (Lipinski definition) is 2. The maximum absolute atomic E-state index is 3.61. The van der Waals surface area contributed by atoms with E-state index in [4.69, 9.17) is 0 Å². The van der Waals surface area contributed by atoms with Crippen molar-refractivity contribution in [2.75, 3.05) is 12.3 Å². The van der Waals surface area contributed by atoms with Crippen LogP contribution in [0, 0.1) is 13.8 Å². The molecule has 0 radical (unpaired) electrons. The minimum absolute atomic E-state index is 0.387. The molecule has 0 fully saturated rings. The van der Waals surface area contributed by atoms with E-state index in [2.05, 4.69) is 84.5 Å². The fourth-order valence-electron chi connectivity index (χ4n) is 2.47. The summed E-state index contributed by atoms with van der Waals surface area (Å²) in [6, 6.07) is 15.7. The molecule has 0 saturated carbocycles. The van der Waals surface area contributed by atoms with Crippen molar-refractivity contribution < 1.29 is 0 Å². The molecule has 0 heterocycles. The molecule has 1 N–H and O–H groups in total. The Morgan fingerprint density at radius 2 is 1.81 bits per heavy atom. The van der Waals surface area contributed by atoms with Crippen LogP contribution in [-0.4, -0.2) is 12.3 Å². The Labute approximate surface area is 140 Å². The van der Waals surface area contributed by atoms with Gasteiger partial charge in [0.25, 0.3) is 0 Å². The molecule has 1 nitrogen and oxygen atoms in total. The van der Waals surface area contributed by atoms with E-state index in [1.807, 2.05) is 11.8 Å². The van der Waals surface area contributed by atoms with Crippen molar-refractivity contribution in [3.63, 3.8) is 0 Å². The van der Waals surface area contributed by atoms with Crippen molar-refractivity contribution in [1.82, 2.24) is 5.32 Å². The Hall–Kier alpha value is -0.770. The van der Waals surface area contributed by atoms with E-state index in [0.717, 1.165) is 16.8 Å². The van der Waals surface area contributed by atoms with E-state index in [-0.39, 0.29) is 0 Å². The summed E-state index contributed by atoms with van der Waals surface area (Å²) in [5.74, 6) is 1.03.